The van der Waals surface area contributed by atoms with Gasteiger partial charge in [-0.05, 0) is 61.6 Å². The highest BCUT2D eigenvalue weighted by molar-refractivity contribution is 6.38. The van der Waals surface area contributed by atoms with Crippen molar-refractivity contribution in [2.75, 3.05) is 0 Å². The molecule has 3 nitrogen and oxygen atoms in total. The Kier molecular flexibility index (Phi) is 5.57. The summed E-state index contributed by atoms with van der Waals surface area (Å²) in [6.45, 7) is 0. The highest BCUT2D eigenvalue weighted by Crippen LogP contribution is 2.47. The van der Waals surface area contributed by atoms with Crippen LogP contribution in [0.4, 0.5) is 0 Å². The SMILES string of the molecule is c1ccc(-c2cc3c4ccc5ccccc5c4c4cccc5c4c3c(c2)n5-c2cc(-c3ccccc3)nc(-c3ccccc3)n2)cc1. The van der Waals surface area contributed by atoms with Gasteiger partial charge in [0, 0.05) is 28.0 Å². The summed E-state index contributed by atoms with van der Waals surface area (Å²) in [5.41, 5.74) is 7.59. The van der Waals surface area contributed by atoms with E-state index >= 15 is 0 Å². The quantitative estimate of drug-likeness (QED) is 0.189. The number of rotatable bonds is 4. The van der Waals surface area contributed by atoms with Crippen molar-refractivity contribution >= 4 is 54.1 Å². The molecule has 0 aliphatic rings. The predicted molar refractivity (Wildman–Crippen MR) is 196 cm³/mol. The summed E-state index contributed by atoms with van der Waals surface area (Å²) in [5.74, 6) is 1.55. The molecule has 0 N–H and O–H groups in total. The number of aromatic nitrogens is 3. The van der Waals surface area contributed by atoms with Crippen molar-refractivity contribution < 1.29 is 0 Å². The largest absolute Gasteiger partial charge is 0.294 e. The Hall–Kier alpha value is -6.32. The maximum atomic E-state index is 5.30. The lowest BCUT2D eigenvalue weighted by molar-refractivity contribution is 1.05. The molecule has 0 atom stereocenters. The van der Waals surface area contributed by atoms with Crippen molar-refractivity contribution in [1.29, 1.82) is 0 Å². The van der Waals surface area contributed by atoms with Crippen LogP contribution in [0.5, 0.6) is 0 Å². The van der Waals surface area contributed by atoms with Gasteiger partial charge < -0.3 is 0 Å². The maximum absolute atomic E-state index is 5.30. The Morgan fingerprint density at radius 3 is 1.81 bits per heavy atom. The molecule has 0 spiro atoms. The van der Waals surface area contributed by atoms with Gasteiger partial charge in [0.1, 0.15) is 5.82 Å². The second kappa shape index (κ2) is 10.1. The van der Waals surface area contributed by atoms with Crippen LogP contribution >= 0.6 is 0 Å². The number of benzene rings is 8. The van der Waals surface area contributed by atoms with Gasteiger partial charge in [-0.2, -0.15) is 0 Å². The molecule has 0 radical (unpaired) electrons. The van der Waals surface area contributed by atoms with Crippen LogP contribution in [0.2, 0.25) is 0 Å². The fourth-order valence-electron chi connectivity index (χ4n) is 7.46. The Morgan fingerprint density at radius 2 is 1.02 bits per heavy atom. The summed E-state index contributed by atoms with van der Waals surface area (Å²) in [5, 5.41) is 10.1. The van der Waals surface area contributed by atoms with Crippen LogP contribution in [0.25, 0.3) is 93.7 Å². The van der Waals surface area contributed by atoms with Gasteiger partial charge in [0.25, 0.3) is 0 Å². The zero-order valence-corrected chi connectivity index (χ0v) is 25.4. The van der Waals surface area contributed by atoms with Crippen molar-refractivity contribution in [3.05, 3.63) is 164 Å². The summed E-state index contributed by atoms with van der Waals surface area (Å²) in [7, 11) is 0. The van der Waals surface area contributed by atoms with E-state index in [0.29, 0.717) is 5.82 Å². The molecule has 2 aromatic heterocycles. The summed E-state index contributed by atoms with van der Waals surface area (Å²) in [6, 6.07) is 58.3. The fourth-order valence-corrected chi connectivity index (χ4v) is 7.46. The zero-order valence-electron chi connectivity index (χ0n) is 25.4. The minimum atomic E-state index is 0.705. The summed E-state index contributed by atoms with van der Waals surface area (Å²) in [6.07, 6.45) is 0. The van der Waals surface area contributed by atoms with Gasteiger partial charge in [-0.25, -0.2) is 9.97 Å². The first-order valence-electron chi connectivity index (χ1n) is 16.0. The van der Waals surface area contributed by atoms with Gasteiger partial charge >= 0.3 is 0 Å². The Morgan fingerprint density at radius 1 is 0.362 bits per heavy atom. The first kappa shape index (κ1) is 26.0. The molecule has 0 bridgehead atoms. The van der Waals surface area contributed by atoms with E-state index in [1.807, 2.05) is 24.3 Å². The van der Waals surface area contributed by atoms with Gasteiger partial charge in [0.15, 0.2) is 5.82 Å². The van der Waals surface area contributed by atoms with E-state index in [1.165, 1.54) is 54.2 Å². The molecule has 0 amide bonds. The van der Waals surface area contributed by atoms with Gasteiger partial charge in [0.05, 0.1) is 16.7 Å². The third-order valence-electron chi connectivity index (χ3n) is 9.53. The Balaban J connectivity index is 1.40. The van der Waals surface area contributed by atoms with Gasteiger partial charge in [0.2, 0.25) is 0 Å². The van der Waals surface area contributed by atoms with E-state index in [9.17, 15) is 0 Å². The molecule has 0 saturated carbocycles. The first-order valence-corrected chi connectivity index (χ1v) is 16.0. The average molecular weight is 598 g/mol. The summed E-state index contributed by atoms with van der Waals surface area (Å²) < 4.78 is 2.36. The molecule has 8 aromatic carbocycles. The van der Waals surface area contributed by atoms with Crippen LogP contribution in [0.15, 0.2) is 164 Å². The molecule has 10 rings (SSSR count). The maximum Gasteiger partial charge on any atom is 0.162 e. The normalized spacial score (nSPS) is 11.8. The molecule has 2 heterocycles. The van der Waals surface area contributed by atoms with E-state index in [4.69, 9.17) is 9.97 Å². The molecule has 0 saturated heterocycles. The molecular weight excluding hydrogens is 571 g/mol. The first-order chi connectivity index (χ1) is 23.3. The topological polar surface area (TPSA) is 30.7 Å². The van der Waals surface area contributed by atoms with Gasteiger partial charge in [-0.3, -0.25) is 4.57 Å². The number of nitrogens with zero attached hydrogens (tertiary/aromatic N) is 3. The molecule has 10 aromatic rings. The minimum absolute atomic E-state index is 0.705. The second-order valence-electron chi connectivity index (χ2n) is 12.2. The van der Waals surface area contributed by atoms with Crippen molar-refractivity contribution in [3.63, 3.8) is 0 Å². The summed E-state index contributed by atoms with van der Waals surface area (Å²) in [4.78, 5) is 10.4. The molecule has 218 valence electrons. The van der Waals surface area contributed by atoms with Crippen molar-refractivity contribution in [1.82, 2.24) is 14.5 Å². The highest BCUT2D eigenvalue weighted by Gasteiger charge is 2.23. The Labute approximate surface area is 271 Å². The average Bonchev–Trinajstić information content (AvgIpc) is 3.49. The van der Waals surface area contributed by atoms with E-state index in [-0.39, 0.29) is 0 Å². The second-order valence-corrected chi connectivity index (χ2v) is 12.2. The van der Waals surface area contributed by atoms with Gasteiger partial charge in [-0.1, -0.05) is 140 Å². The van der Waals surface area contributed by atoms with Gasteiger partial charge in [-0.15, -0.1) is 0 Å². The molecule has 47 heavy (non-hydrogen) atoms. The van der Waals surface area contributed by atoms with E-state index in [2.05, 4.69) is 144 Å². The predicted octanol–water partition coefficient (Wildman–Crippen LogP) is 11.5. The van der Waals surface area contributed by atoms with Crippen LogP contribution in [-0.2, 0) is 0 Å². The number of hydrogen-bond donors (Lipinski definition) is 0. The van der Waals surface area contributed by atoms with Crippen LogP contribution in [0, 0.1) is 0 Å². The molecular formula is C44H27N3. The summed E-state index contributed by atoms with van der Waals surface area (Å²) >= 11 is 0. The lowest BCUT2D eigenvalue weighted by Gasteiger charge is -2.13. The molecule has 0 unspecified atom stereocenters. The number of hydrogen-bond acceptors (Lipinski definition) is 2. The van der Waals surface area contributed by atoms with Crippen LogP contribution < -0.4 is 0 Å². The van der Waals surface area contributed by atoms with Crippen LogP contribution in [0.1, 0.15) is 0 Å². The molecule has 3 heteroatoms. The fraction of sp³-hybridized carbons (Fsp3) is 0. The third kappa shape index (κ3) is 3.93. The highest BCUT2D eigenvalue weighted by atomic mass is 15.1. The lowest BCUT2D eigenvalue weighted by Crippen LogP contribution is -2.02. The molecule has 0 aliphatic carbocycles. The third-order valence-corrected chi connectivity index (χ3v) is 9.53. The number of fused-ring (bicyclic) bond motifs is 5. The minimum Gasteiger partial charge on any atom is -0.294 e. The van der Waals surface area contributed by atoms with Crippen molar-refractivity contribution in [2.24, 2.45) is 0 Å². The van der Waals surface area contributed by atoms with Crippen LogP contribution in [-0.4, -0.2) is 14.5 Å². The zero-order chi connectivity index (χ0) is 30.9. The monoisotopic (exact) mass is 597 g/mol. The van der Waals surface area contributed by atoms with E-state index < -0.39 is 0 Å². The van der Waals surface area contributed by atoms with E-state index in [0.717, 1.165) is 33.7 Å². The van der Waals surface area contributed by atoms with Crippen LogP contribution in [0.3, 0.4) is 0 Å². The van der Waals surface area contributed by atoms with E-state index in [1.54, 1.807) is 0 Å². The molecule has 0 fully saturated rings. The smallest absolute Gasteiger partial charge is 0.162 e. The van der Waals surface area contributed by atoms with Crippen molar-refractivity contribution in [2.45, 2.75) is 0 Å². The Bertz CT molecular complexity index is 2710. The van der Waals surface area contributed by atoms with Crippen molar-refractivity contribution in [3.8, 4) is 39.6 Å². The molecule has 0 aliphatic heterocycles. The standard InChI is InChI=1S/C44H27N3/c1-4-13-28(14-5-1)32-25-36-34-24-23-29-15-10-11-20-33(29)41(34)35-21-12-22-38-42(35)43(36)39(26-32)47(38)40-27-37(30-16-6-2-7-17-30)45-44(46-40)31-18-8-3-9-19-31/h1-27H. The lowest BCUT2D eigenvalue weighted by atomic mass is 9.89.